The Morgan fingerprint density at radius 3 is 2.39 bits per heavy atom. The van der Waals surface area contributed by atoms with Crippen LogP contribution < -0.4 is 5.32 Å². The summed E-state index contributed by atoms with van der Waals surface area (Å²) in [6.07, 6.45) is 0.338. The van der Waals surface area contributed by atoms with Gasteiger partial charge in [-0.2, -0.15) is 0 Å². The van der Waals surface area contributed by atoms with Crippen LogP contribution in [0.15, 0.2) is 65.9 Å². The minimum Gasteiger partial charge on any atom is -0.503 e. The summed E-state index contributed by atoms with van der Waals surface area (Å²) in [6, 6.07) is 16.3. The van der Waals surface area contributed by atoms with E-state index in [1.165, 1.54) is 0 Å². The molecular formula is C21H21N2O5+. The first-order valence-electron chi connectivity index (χ1n) is 8.72. The third-order valence-electron chi connectivity index (χ3n) is 4.94. The van der Waals surface area contributed by atoms with E-state index in [9.17, 15) is 19.5 Å². The van der Waals surface area contributed by atoms with Gasteiger partial charge in [-0.1, -0.05) is 48.0 Å². The van der Waals surface area contributed by atoms with Crippen LogP contribution in [0.25, 0.3) is 0 Å². The molecule has 144 valence electrons. The third-order valence-corrected chi connectivity index (χ3v) is 4.94. The number of rotatable bonds is 6. The van der Waals surface area contributed by atoms with Gasteiger partial charge in [-0.25, -0.2) is 4.79 Å². The Hall–Kier alpha value is -3.45. The van der Waals surface area contributed by atoms with Crippen molar-refractivity contribution in [1.82, 2.24) is 4.90 Å². The van der Waals surface area contributed by atoms with Crippen LogP contribution in [-0.2, 0) is 24.7 Å². The number of esters is 1. The summed E-state index contributed by atoms with van der Waals surface area (Å²) in [6.45, 7) is 2.06. The number of nitrogens with zero attached hydrogens (tertiary/aromatic N) is 1. The topological polar surface area (TPSA) is 101 Å². The first-order chi connectivity index (χ1) is 13.5. The van der Waals surface area contributed by atoms with E-state index in [2.05, 4.69) is 0 Å². The first kappa shape index (κ1) is 19.3. The van der Waals surface area contributed by atoms with Crippen molar-refractivity contribution in [2.24, 2.45) is 0 Å². The number of hydrogen-bond acceptors (Lipinski definition) is 5. The second kappa shape index (κ2) is 7.66. The maximum atomic E-state index is 12.6. The predicted molar refractivity (Wildman–Crippen MR) is 100 cm³/mol. The molecule has 3 N–H and O–H groups in total. The average Bonchev–Trinajstić information content (AvgIpc) is 2.94. The van der Waals surface area contributed by atoms with E-state index < -0.39 is 23.2 Å². The Balaban J connectivity index is 2.16. The number of methoxy groups -OCH3 is 1. The number of quaternary nitrogens is 1. The Morgan fingerprint density at radius 1 is 1.18 bits per heavy atom. The standard InChI is InChI=1S/C21H20N2O5/c1-14-8-10-16(11-9-14)22-12-21(15-6-4-3-5-7-15)17(20(27)28-2)18(25)19(26)23(21)13-24/h3-11,13,22,25H,12H2,1-2H3/p+1/t21-/m0/s1. The number of aliphatic hydroxyl groups excluding tert-OH is 1. The maximum Gasteiger partial charge on any atom is 0.340 e. The monoisotopic (exact) mass is 381 g/mol. The molecule has 1 heterocycles. The van der Waals surface area contributed by atoms with E-state index in [-0.39, 0.29) is 12.1 Å². The van der Waals surface area contributed by atoms with E-state index in [0.29, 0.717) is 12.0 Å². The lowest BCUT2D eigenvalue weighted by atomic mass is 9.82. The van der Waals surface area contributed by atoms with Gasteiger partial charge in [0.25, 0.3) is 5.91 Å². The van der Waals surface area contributed by atoms with Crippen LogP contribution in [0.4, 0.5) is 5.69 Å². The summed E-state index contributed by atoms with van der Waals surface area (Å²) < 4.78 is 4.82. The largest absolute Gasteiger partial charge is 0.503 e. The number of benzene rings is 2. The van der Waals surface area contributed by atoms with Gasteiger partial charge in [-0.3, -0.25) is 14.5 Å². The highest BCUT2D eigenvalue weighted by Gasteiger charge is 2.58. The SMILES string of the molecule is COC(=O)C1=C(O)C(=O)N(C=O)[C@@]1(C[NH2+]c1ccc(C)cc1)c1ccccc1. The smallest absolute Gasteiger partial charge is 0.340 e. The molecule has 3 rings (SSSR count). The van der Waals surface area contributed by atoms with Crippen molar-refractivity contribution in [3.05, 3.63) is 77.1 Å². The third kappa shape index (κ3) is 3.05. The quantitative estimate of drug-likeness (QED) is 0.443. The molecular weight excluding hydrogens is 360 g/mol. The Kier molecular flexibility index (Phi) is 5.28. The summed E-state index contributed by atoms with van der Waals surface area (Å²) in [5.41, 5.74) is 0.718. The van der Waals surface area contributed by atoms with E-state index >= 15 is 0 Å². The number of carbonyl (C=O) groups is 3. The molecule has 1 aliphatic heterocycles. The van der Waals surface area contributed by atoms with Crippen molar-refractivity contribution in [2.45, 2.75) is 12.5 Å². The van der Waals surface area contributed by atoms with Crippen molar-refractivity contribution in [2.75, 3.05) is 13.7 Å². The van der Waals surface area contributed by atoms with Gasteiger partial charge in [0.2, 0.25) is 6.41 Å². The molecule has 0 radical (unpaired) electrons. The molecule has 2 amide bonds. The van der Waals surface area contributed by atoms with Gasteiger partial charge in [0.1, 0.15) is 17.8 Å². The van der Waals surface area contributed by atoms with Gasteiger partial charge in [0, 0.05) is 0 Å². The number of aryl methyl sites for hydroxylation is 1. The summed E-state index contributed by atoms with van der Waals surface area (Å²) in [4.78, 5) is 37.8. The van der Waals surface area contributed by atoms with E-state index in [1.807, 2.05) is 36.5 Å². The van der Waals surface area contributed by atoms with Gasteiger partial charge >= 0.3 is 5.97 Å². The predicted octanol–water partition coefficient (Wildman–Crippen LogP) is 1.07. The Labute approximate surface area is 162 Å². The second-order valence-corrected chi connectivity index (χ2v) is 6.54. The number of aliphatic hydroxyl groups is 1. The summed E-state index contributed by atoms with van der Waals surface area (Å²) >= 11 is 0. The normalized spacial score (nSPS) is 19.1. The van der Waals surface area contributed by atoms with Gasteiger partial charge in [-0.15, -0.1) is 0 Å². The highest BCUT2D eigenvalue weighted by Crippen LogP contribution is 2.42. The number of carbonyl (C=O) groups excluding carboxylic acids is 3. The minimum atomic E-state index is -1.50. The van der Waals surface area contributed by atoms with Crippen LogP contribution in [0.3, 0.4) is 0 Å². The van der Waals surface area contributed by atoms with Crippen molar-refractivity contribution in [1.29, 1.82) is 0 Å². The highest BCUT2D eigenvalue weighted by atomic mass is 16.5. The molecule has 7 nitrogen and oxygen atoms in total. The van der Waals surface area contributed by atoms with Crippen LogP contribution in [0.1, 0.15) is 11.1 Å². The number of hydrogen-bond donors (Lipinski definition) is 2. The lowest BCUT2D eigenvalue weighted by Gasteiger charge is -2.34. The zero-order valence-electron chi connectivity index (χ0n) is 15.6. The molecule has 28 heavy (non-hydrogen) atoms. The van der Waals surface area contributed by atoms with Crippen LogP contribution >= 0.6 is 0 Å². The summed E-state index contributed by atoms with van der Waals surface area (Å²) in [7, 11) is 1.16. The molecule has 0 saturated heterocycles. The molecule has 1 aliphatic rings. The zero-order chi connectivity index (χ0) is 20.3. The molecule has 0 bridgehead atoms. The maximum absolute atomic E-state index is 12.6. The van der Waals surface area contributed by atoms with E-state index in [0.717, 1.165) is 23.3 Å². The van der Waals surface area contributed by atoms with Crippen LogP contribution in [0.2, 0.25) is 0 Å². The van der Waals surface area contributed by atoms with E-state index in [4.69, 9.17) is 4.74 Å². The molecule has 2 aromatic rings. The molecule has 0 spiro atoms. The zero-order valence-corrected chi connectivity index (χ0v) is 15.6. The fourth-order valence-corrected chi connectivity index (χ4v) is 3.50. The van der Waals surface area contributed by atoms with Crippen molar-refractivity contribution in [3.8, 4) is 0 Å². The molecule has 1 atom stereocenters. The Bertz CT molecular complexity index is 937. The van der Waals surface area contributed by atoms with Crippen LogP contribution in [0, 0.1) is 6.92 Å². The van der Waals surface area contributed by atoms with E-state index in [1.54, 1.807) is 30.3 Å². The molecule has 7 heteroatoms. The van der Waals surface area contributed by atoms with Gasteiger partial charge in [-0.05, 0) is 24.6 Å². The first-order valence-corrected chi connectivity index (χ1v) is 8.72. The molecule has 0 aromatic heterocycles. The lowest BCUT2D eigenvalue weighted by Crippen LogP contribution is -2.84. The van der Waals surface area contributed by atoms with Gasteiger partial charge in [0.15, 0.2) is 11.3 Å². The number of ether oxygens (including phenoxy) is 1. The molecule has 0 saturated carbocycles. The van der Waals surface area contributed by atoms with Gasteiger partial charge < -0.3 is 15.2 Å². The van der Waals surface area contributed by atoms with Gasteiger partial charge in [0.05, 0.1) is 7.11 Å². The lowest BCUT2D eigenvalue weighted by molar-refractivity contribution is -0.582. The fourth-order valence-electron chi connectivity index (χ4n) is 3.50. The van der Waals surface area contributed by atoms with Crippen molar-refractivity contribution in [3.63, 3.8) is 0 Å². The number of imide groups is 1. The van der Waals surface area contributed by atoms with Crippen molar-refractivity contribution >= 4 is 24.0 Å². The van der Waals surface area contributed by atoms with Crippen LogP contribution in [-0.4, -0.2) is 41.9 Å². The van der Waals surface area contributed by atoms with Crippen LogP contribution in [0.5, 0.6) is 0 Å². The number of amides is 2. The average molecular weight is 381 g/mol. The Morgan fingerprint density at radius 2 is 1.82 bits per heavy atom. The summed E-state index contributed by atoms with van der Waals surface area (Å²) in [5.74, 6) is -2.58. The summed E-state index contributed by atoms with van der Waals surface area (Å²) in [5, 5.41) is 12.2. The molecule has 2 aromatic carbocycles. The molecule has 0 fully saturated rings. The minimum absolute atomic E-state index is 0.0963. The second-order valence-electron chi connectivity index (χ2n) is 6.54. The molecule has 0 unspecified atom stereocenters. The highest BCUT2D eigenvalue weighted by molar-refractivity contribution is 6.11. The fraction of sp³-hybridized carbons (Fsp3) is 0.190. The molecule has 0 aliphatic carbocycles. The number of nitrogens with two attached hydrogens (primary N) is 1. The van der Waals surface area contributed by atoms with Crippen molar-refractivity contribution < 1.29 is 29.5 Å².